The molecule has 2 aromatic heterocycles. The van der Waals surface area contributed by atoms with Crippen LogP contribution in [0.15, 0.2) is 65.9 Å². The van der Waals surface area contributed by atoms with Gasteiger partial charge in [-0.1, -0.05) is 23.2 Å². The molecule has 0 radical (unpaired) electrons. The van der Waals surface area contributed by atoms with Crippen LogP contribution in [0.3, 0.4) is 0 Å². The first-order valence-corrected chi connectivity index (χ1v) is 14.4. The summed E-state index contributed by atoms with van der Waals surface area (Å²) in [5, 5.41) is -0.757. The summed E-state index contributed by atoms with van der Waals surface area (Å²) in [5.74, 6) is 0.433. The molecule has 2 N–H and O–H groups in total. The molecule has 0 spiro atoms. The molecule has 2 aromatic carbocycles. The molecule has 5 rings (SSSR count). The van der Waals surface area contributed by atoms with Crippen LogP contribution in [-0.4, -0.2) is 34.3 Å². The number of rotatable bonds is 6. The first-order valence-electron chi connectivity index (χ1n) is 13.7. The number of ether oxygens (including phenoxy) is 2. The Bertz CT molecular complexity index is 1710. The monoisotopic (exact) mass is 685 g/mol. The Kier molecular flexibility index (Phi) is 10.9. The first-order chi connectivity index (χ1) is 21.6. The van der Waals surface area contributed by atoms with Crippen molar-refractivity contribution in [3.05, 3.63) is 93.2 Å². The Morgan fingerprint density at radius 3 is 1.70 bits per heavy atom. The van der Waals surface area contributed by atoms with E-state index in [2.05, 4.69) is 19.9 Å². The van der Waals surface area contributed by atoms with Crippen molar-refractivity contribution < 1.29 is 35.8 Å². The number of aromatic nitrogens is 2. The molecule has 1 saturated heterocycles. The third kappa shape index (κ3) is 9.39. The summed E-state index contributed by atoms with van der Waals surface area (Å²) in [6, 6.07) is 10.1. The van der Waals surface area contributed by atoms with Crippen LogP contribution < -0.4 is 15.2 Å². The van der Waals surface area contributed by atoms with Gasteiger partial charge in [-0.05, 0) is 75.2 Å². The van der Waals surface area contributed by atoms with Gasteiger partial charge in [0.25, 0.3) is 0 Å². The summed E-state index contributed by atoms with van der Waals surface area (Å²) in [6.07, 6.45) is -2.08. The molecule has 7 nitrogen and oxygen atoms in total. The highest BCUT2D eigenvalue weighted by molar-refractivity contribution is 6.31. The number of anilines is 1. The molecule has 0 atom stereocenters. The number of alkyl halides is 6. The third-order valence-electron chi connectivity index (χ3n) is 6.49. The number of benzene rings is 2. The smallest absolute Gasteiger partial charge is 0.417 e. The van der Waals surface area contributed by atoms with Gasteiger partial charge in [0.05, 0.1) is 51.3 Å². The fourth-order valence-electron chi connectivity index (χ4n) is 4.21. The van der Waals surface area contributed by atoms with Gasteiger partial charge in [-0.2, -0.15) is 26.3 Å². The minimum atomic E-state index is -4.55. The minimum Gasteiger partial charge on any atom is -0.439 e. The zero-order valence-corrected chi connectivity index (χ0v) is 25.9. The summed E-state index contributed by atoms with van der Waals surface area (Å²) in [4.78, 5) is 14.6. The van der Waals surface area contributed by atoms with Crippen LogP contribution in [0.4, 0.5) is 37.7 Å². The van der Waals surface area contributed by atoms with E-state index in [0.29, 0.717) is 22.5 Å². The van der Waals surface area contributed by atoms with Gasteiger partial charge < -0.3 is 20.1 Å². The maximum absolute atomic E-state index is 12.9. The molecule has 1 aliphatic heterocycles. The number of halogens is 8. The van der Waals surface area contributed by atoms with Crippen LogP contribution in [0.25, 0.3) is 0 Å². The van der Waals surface area contributed by atoms with E-state index in [0.717, 1.165) is 50.2 Å². The van der Waals surface area contributed by atoms with E-state index in [-0.39, 0.29) is 33.3 Å². The van der Waals surface area contributed by atoms with Crippen molar-refractivity contribution in [3.63, 3.8) is 0 Å². The van der Waals surface area contributed by atoms with Gasteiger partial charge in [-0.15, -0.1) is 0 Å². The molecule has 0 unspecified atom stereocenters. The summed E-state index contributed by atoms with van der Waals surface area (Å²) >= 11 is 11.1. The standard InChI is InChI=1S/C18H17ClF3N3O.C13H10ClF3N2O/c1-12-8-13(24-11-25-6-2-3-7-25)10-23-17(12)26-14-4-5-16(19)15(9-14)18(20,21)22;1-7-4-8(18)6-19-12(7)20-9-2-3-11(14)10(5-9)13(15,16)17/h4-5,8-11H,2-3,6-7H2,1H3;2-6H,18H2,1H3. The maximum Gasteiger partial charge on any atom is 0.417 e. The molecule has 0 amide bonds. The molecule has 1 aliphatic rings. The summed E-state index contributed by atoms with van der Waals surface area (Å²) in [7, 11) is 0. The highest BCUT2D eigenvalue weighted by Crippen LogP contribution is 2.39. The Morgan fingerprint density at radius 1 is 0.761 bits per heavy atom. The lowest BCUT2D eigenvalue weighted by atomic mass is 10.2. The molecular weight excluding hydrogens is 659 g/mol. The van der Waals surface area contributed by atoms with E-state index in [1.807, 2.05) is 0 Å². The van der Waals surface area contributed by atoms with Crippen molar-refractivity contribution in [1.82, 2.24) is 14.9 Å². The van der Waals surface area contributed by atoms with Crippen LogP contribution in [0.5, 0.6) is 23.3 Å². The predicted octanol–water partition coefficient (Wildman–Crippen LogP) is 10.0. The molecule has 1 fully saturated rings. The van der Waals surface area contributed by atoms with Gasteiger partial charge in [0.15, 0.2) is 0 Å². The lowest BCUT2D eigenvalue weighted by Crippen LogP contribution is -2.16. The Hall–Kier alpha value is -4.23. The van der Waals surface area contributed by atoms with Crippen LogP contribution in [0.2, 0.25) is 10.0 Å². The largest absolute Gasteiger partial charge is 0.439 e. The first kappa shape index (κ1) is 34.6. The molecule has 0 aliphatic carbocycles. The second-order valence-corrected chi connectivity index (χ2v) is 11.0. The fourth-order valence-corrected chi connectivity index (χ4v) is 4.66. The number of pyridine rings is 2. The van der Waals surface area contributed by atoms with E-state index in [9.17, 15) is 26.3 Å². The molecule has 4 aromatic rings. The number of nitrogen functional groups attached to an aromatic ring is 1. The number of nitrogens with zero attached hydrogens (tertiary/aromatic N) is 4. The summed E-state index contributed by atoms with van der Waals surface area (Å²) in [6.45, 7) is 5.45. The second kappa shape index (κ2) is 14.5. The Labute approximate surface area is 270 Å². The normalized spacial score (nSPS) is 13.5. The third-order valence-corrected chi connectivity index (χ3v) is 7.15. The van der Waals surface area contributed by atoms with Gasteiger partial charge in [0, 0.05) is 24.2 Å². The van der Waals surface area contributed by atoms with Crippen molar-refractivity contribution in [2.75, 3.05) is 18.8 Å². The average molecular weight is 686 g/mol. The number of aliphatic imine (C=N–C) groups is 1. The molecular formula is C31H27Cl2F6N5O2. The number of hydrogen-bond donors (Lipinski definition) is 1. The summed E-state index contributed by atoms with van der Waals surface area (Å²) < 4.78 is 87.8. The quantitative estimate of drug-likeness (QED) is 0.124. The van der Waals surface area contributed by atoms with E-state index in [1.54, 1.807) is 32.3 Å². The second-order valence-electron chi connectivity index (χ2n) is 10.2. The highest BCUT2D eigenvalue weighted by atomic mass is 35.5. The average Bonchev–Trinajstić information content (AvgIpc) is 3.50. The molecule has 0 bridgehead atoms. The van der Waals surface area contributed by atoms with Gasteiger partial charge in [0.1, 0.15) is 11.5 Å². The zero-order chi connectivity index (χ0) is 33.6. The Balaban J connectivity index is 0.000000216. The SMILES string of the molecule is Cc1cc(N)cnc1Oc1ccc(Cl)c(C(F)(F)F)c1.Cc1cc(N=CN2CCCC2)cnc1Oc1ccc(Cl)c(C(F)(F)F)c1. The van der Waals surface area contributed by atoms with Gasteiger partial charge in [-0.3, -0.25) is 0 Å². The highest BCUT2D eigenvalue weighted by Gasteiger charge is 2.34. The van der Waals surface area contributed by atoms with E-state index in [1.165, 1.54) is 24.5 Å². The Morgan fingerprint density at radius 2 is 1.24 bits per heavy atom. The van der Waals surface area contributed by atoms with E-state index < -0.39 is 23.5 Å². The topological polar surface area (TPSA) is 85.9 Å². The van der Waals surface area contributed by atoms with Gasteiger partial charge in [-0.25, -0.2) is 15.0 Å². The van der Waals surface area contributed by atoms with Crippen LogP contribution in [-0.2, 0) is 12.4 Å². The van der Waals surface area contributed by atoms with Crippen molar-refractivity contribution in [1.29, 1.82) is 0 Å². The maximum atomic E-state index is 12.9. The zero-order valence-electron chi connectivity index (χ0n) is 24.4. The number of hydrogen-bond acceptors (Lipinski definition) is 6. The van der Waals surface area contributed by atoms with Crippen molar-refractivity contribution >= 4 is 40.9 Å². The van der Waals surface area contributed by atoms with Crippen molar-refractivity contribution in [2.45, 2.75) is 39.0 Å². The predicted molar refractivity (Wildman–Crippen MR) is 164 cm³/mol. The molecule has 3 heterocycles. The number of nitrogens with two attached hydrogens (primary N) is 1. The van der Waals surface area contributed by atoms with E-state index >= 15 is 0 Å². The van der Waals surface area contributed by atoms with Crippen LogP contribution >= 0.6 is 23.2 Å². The fraction of sp³-hybridized carbons (Fsp3) is 0.258. The lowest BCUT2D eigenvalue weighted by molar-refractivity contribution is -0.138. The van der Waals surface area contributed by atoms with Gasteiger partial charge >= 0.3 is 12.4 Å². The van der Waals surface area contributed by atoms with E-state index in [4.69, 9.17) is 38.4 Å². The van der Waals surface area contributed by atoms with Crippen molar-refractivity contribution in [3.8, 4) is 23.3 Å². The lowest BCUT2D eigenvalue weighted by Gasteiger charge is -2.12. The molecule has 0 saturated carbocycles. The molecule has 46 heavy (non-hydrogen) atoms. The summed E-state index contributed by atoms with van der Waals surface area (Å²) in [5.41, 5.74) is 6.04. The minimum absolute atomic E-state index is 0.00194. The van der Waals surface area contributed by atoms with Crippen LogP contribution in [0.1, 0.15) is 35.1 Å². The molecule has 15 heteroatoms. The number of aryl methyl sites for hydroxylation is 2. The van der Waals surface area contributed by atoms with Crippen LogP contribution in [0, 0.1) is 13.8 Å². The van der Waals surface area contributed by atoms with Gasteiger partial charge in [0.2, 0.25) is 11.8 Å². The van der Waals surface area contributed by atoms with Crippen molar-refractivity contribution in [2.24, 2.45) is 4.99 Å². The molecule has 244 valence electrons. The number of likely N-dealkylation sites (tertiary alicyclic amines) is 1.